The first-order valence-corrected chi connectivity index (χ1v) is 6.02. The van der Waals surface area contributed by atoms with Gasteiger partial charge < -0.3 is 15.4 Å². The molecule has 2 unspecified atom stereocenters. The number of morpholine rings is 1. The molecule has 2 N–H and O–H groups in total. The van der Waals surface area contributed by atoms with E-state index >= 15 is 0 Å². The zero-order valence-electron chi connectivity index (χ0n) is 10.8. The van der Waals surface area contributed by atoms with Crippen LogP contribution in [-0.4, -0.2) is 42.1 Å². The summed E-state index contributed by atoms with van der Waals surface area (Å²) in [4.78, 5) is 14.0. The van der Waals surface area contributed by atoms with E-state index in [0.717, 1.165) is 6.42 Å². The second-order valence-corrected chi connectivity index (χ2v) is 5.39. The maximum Gasteiger partial charge on any atom is 0.225 e. The minimum absolute atomic E-state index is 0.0195. The third kappa shape index (κ3) is 3.46. The molecule has 0 bridgehead atoms. The van der Waals surface area contributed by atoms with Gasteiger partial charge in [-0.3, -0.25) is 4.79 Å². The van der Waals surface area contributed by atoms with Gasteiger partial charge in [0.05, 0.1) is 11.7 Å². The summed E-state index contributed by atoms with van der Waals surface area (Å²) in [5, 5.41) is 0. The highest BCUT2D eigenvalue weighted by Gasteiger charge is 2.34. The molecule has 0 spiro atoms. The Morgan fingerprint density at radius 2 is 2.25 bits per heavy atom. The summed E-state index contributed by atoms with van der Waals surface area (Å²) in [6.07, 6.45) is 0.864. The lowest BCUT2D eigenvalue weighted by molar-refractivity contribution is -0.161. The van der Waals surface area contributed by atoms with E-state index in [2.05, 4.69) is 0 Å². The van der Waals surface area contributed by atoms with Gasteiger partial charge >= 0.3 is 0 Å². The molecule has 2 atom stereocenters. The molecule has 16 heavy (non-hydrogen) atoms. The van der Waals surface area contributed by atoms with Gasteiger partial charge in [-0.1, -0.05) is 6.92 Å². The molecule has 0 aromatic rings. The van der Waals surface area contributed by atoms with Crippen LogP contribution in [0.5, 0.6) is 0 Å². The van der Waals surface area contributed by atoms with E-state index in [1.54, 1.807) is 0 Å². The number of nitrogens with two attached hydrogens (primary N) is 1. The number of nitrogens with zero attached hydrogens (tertiary/aromatic N) is 1. The maximum absolute atomic E-state index is 12.1. The minimum Gasteiger partial charge on any atom is -0.369 e. The van der Waals surface area contributed by atoms with Gasteiger partial charge in [-0.05, 0) is 33.7 Å². The third-order valence-electron chi connectivity index (χ3n) is 2.90. The quantitative estimate of drug-likeness (QED) is 0.784. The Bertz CT molecular complexity index is 253. The van der Waals surface area contributed by atoms with Crippen molar-refractivity contribution in [2.75, 3.05) is 19.6 Å². The summed E-state index contributed by atoms with van der Waals surface area (Å²) in [5.41, 5.74) is 5.24. The number of rotatable bonds is 3. The molecule has 94 valence electrons. The molecule has 0 radical (unpaired) electrons. The Morgan fingerprint density at radius 1 is 1.62 bits per heavy atom. The second kappa shape index (κ2) is 5.15. The Hall–Kier alpha value is -0.610. The molecule has 0 aromatic carbocycles. The first kappa shape index (κ1) is 13.5. The van der Waals surface area contributed by atoms with E-state index in [0.29, 0.717) is 19.6 Å². The number of carbonyl (C=O) groups excluding carboxylic acids is 1. The van der Waals surface area contributed by atoms with Gasteiger partial charge in [-0.25, -0.2) is 0 Å². The van der Waals surface area contributed by atoms with E-state index in [1.807, 2.05) is 32.6 Å². The van der Waals surface area contributed by atoms with Crippen LogP contribution in [0, 0.1) is 5.92 Å². The maximum atomic E-state index is 12.1. The lowest BCUT2D eigenvalue weighted by atomic mass is 10.0. The highest BCUT2D eigenvalue weighted by atomic mass is 16.5. The SMILES string of the molecule is CC1CN(C(=O)C(C)CCN)CC(C)(C)O1. The summed E-state index contributed by atoms with van der Waals surface area (Å²) in [6.45, 7) is 9.93. The summed E-state index contributed by atoms with van der Waals surface area (Å²) in [6, 6.07) is 0. The van der Waals surface area contributed by atoms with Crippen molar-refractivity contribution < 1.29 is 9.53 Å². The Kier molecular flexibility index (Phi) is 4.33. The molecule has 1 heterocycles. The molecular weight excluding hydrogens is 204 g/mol. The highest BCUT2D eigenvalue weighted by Crippen LogP contribution is 2.22. The van der Waals surface area contributed by atoms with Crippen LogP contribution in [0.3, 0.4) is 0 Å². The van der Waals surface area contributed by atoms with Gasteiger partial charge in [0.15, 0.2) is 0 Å². The summed E-state index contributed by atoms with van der Waals surface area (Å²) in [5.74, 6) is 0.222. The van der Waals surface area contributed by atoms with Gasteiger partial charge in [0, 0.05) is 19.0 Å². The zero-order chi connectivity index (χ0) is 12.3. The Balaban J connectivity index is 2.62. The molecule has 4 heteroatoms. The fourth-order valence-corrected chi connectivity index (χ4v) is 2.31. The van der Waals surface area contributed by atoms with E-state index in [1.165, 1.54) is 0 Å². The number of hydrogen-bond acceptors (Lipinski definition) is 3. The van der Waals surface area contributed by atoms with Crippen LogP contribution >= 0.6 is 0 Å². The molecular formula is C12H24N2O2. The molecule has 1 saturated heterocycles. The van der Waals surface area contributed by atoms with Crippen LogP contribution in [0.2, 0.25) is 0 Å². The Labute approximate surface area is 98.1 Å². The molecule has 1 aliphatic rings. The normalized spacial score (nSPS) is 26.6. The van der Waals surface area contributed by atoms with Gasteiger partial charge in [0.2, 0.25) is 5.91 Å². The van der Waals surface area contributed by atoms with Crippen molar-refractivity contribution in [2.45, 2.75) is 45.8 Å². The first-order chi connectivity index (χ1) is 7.35. The van der Waals surface area contributed by atoms with Crippen molar-refractivity contribution in [2.24, 2.45) is 11.7 Å². The van der Waals surface area contributed by atoms with Gasteiger partial charge in [-0.2, -0.15) is 0 Å². The average molecular weight is 228 g/mol. The molecule has 1 rings (SSSR count). The fraction of sp³-hybridized carbons (Fsp3) is 0.917. The van der Waals surface area contributed by atoms with Crippen LogP contribution in [0.15, 0.2) is 0 Å². The molecule has 4 nitrogen and oxygen atoms in total. The molecule has 0 aromatic heterocycles. The standard InChI is InChI=1S/C12H24N2O2/c1-9(5-6-13)11(15)14-7-10(2)16-12(3,4)8-14/h9-10H,5-8,13H2,1-4H3. The van der Waals surface area contributed by atoms with E-state index < -0.39 is 0 Å². The predicted molar refractivity (Wildman–Crippen MR) is 64.0 cm³/mol. The molecule has 1 amide bonds. The van der Waals surface area contributed by atoms with Crippen LogP contribution in [0.25, 0.3) is 0 Å². The van der Waals surface area contributed by atoms with Crippen molar-refractivity contribution in [3.8, 4) is 0 Å². The molecule has 1 fully saturated rings. The minimum atomic E-state index is -0.240. The molecule has 0 aliphatic carbocycles. The fourth-order valence-electron chi connectivity index (χ4n) is 2.31. The lowest BCUT2D eigenvalue weighted by Crippen LogP contribution is -2.55. The summed E-state index contributed by atoms with van der Waals surface area (Å²) >= 11 is 0. The third-order valence-corrected chi connectivity index (χ3v) is 2.90. The molecule has 0 saturated carbocycles. The van der Waals surface area contributed by atoms with Crippen molar-refractivity contribution in [1.29, 1.82) is 0 Å². The van der Waals surface area contributed by atoms with Crippen LogP contribution in [-0.2, 0) is 9.53 Å². The summed E-state index contributed by atoms with van der Waals surface area (Å²) in [7, 11) is 0. The topological polar surface area (TPSA) is 55.6 Å². The second-order valence-electron chi connectivity index (χ2n) is 5.39. The average Bonchev–Trinajstić information content (AvgIpc) is 2.13. The number of ether oxygens (including phenoxy) is 1. The van der Waals surface area contributed by atoms with Crippen molar-refractivity contribution in [1.82, 2.24) is 4.90 Å². The highest BCUT2D eigenvalue weighted by molar-refractivity contribution is 5.78. The van der Waals surface area contributed by atoms with Crippen LogP contribution in [0.1, 0.15) is 34.1 Å². The van der Waals surface area contributed by atoms with Crippen LogP contribution < -0.4 is 5.73 Å². The van der Waals surface area contributed by atoms with Crippen molar-refractivity contribution in [3.63, 3.8) is 0 Å². The van der Waals surface area contributed by atoms with Gasteiger partial charge in [-0.15, -0.1) is 0 Å². The van der Waals surface area contributed by atoms with Gasteiger partial charge in [0.1, 0.15) is 0 Å². The lowest BCUT2D eigenvalue weighted by Gasteiger charge is -2.42. The van der Waals surface area contributed by atoms with Crippen molar-refractivity contribution >= 4 is 5.91 Å². The predicted octanol–water partition coefficient (Wildman–Crippen LogP) is 0.997. The number of amides is 1. The van der Waals surface area contributed by atoms with E-state index in [9.17, 15) is 4.79 Å². The summed E-state index contributed by atoms with van der Waals surface area (Å²) < 4.78 is 5.78. The Morgan fingerprint density at radius 3 is 2.75 bits per heavy atom. The largest absolute Gasteiger partial charge is 0.369 e. The van der Waals surface area contributed by atoms with E-state index in [-0.39, 0.29) is 23.5 Å². The smallest absolute Gasteiger partial charge is 0.225 e. The van der Waals surface area contributed by atoms with Crippen LogP contribution in [0.4, 0.5) is 0 Å². The van der Waals surface area contributed by atoms with E-state index in [4.69, 9.17) is 10.5 Å². The molecule has 1 aliphatic heterocycles. The van der Waals surface area contributed by atoms with Crippen molar-refractivity contribution in [3.05, 3.63) is 0 Å². The monoisotopic (exact) mass is 228 g/mol. The van der Waals surface area contributed by atoms with Gasteiger partial charge in [0.25, 0.3) is 0 Å². The zero-order valence-corrected chi connectivity index (χ0v) is 10.8. The first-order valence-electron chi connectivity index (χ1n) is 6.02. The number of carbonyl (C=O) groups is 1. The number of hydrogen-bond donors (Lipinski definition) is 1.